The Bertz CT molecular complexity index is 169. The van der Waals surface area contributed by atoms with Gasteiger partial charge in [0.15, 0.2) is 0 Å². The average Bonchev–Trinajstić information content (AvgIpc) is 2.29. The highest BCUT2D eigenvalue weighted by atomic mass is 31.2. The van der Waals surface area contributed by atoms with Gasteiger partial charge >= 0.3 is 16.4 Å². The first-order chi connectivity index (χ1) is 7.45. The predicted molar refractivity (Wildman–Crippen MR) is 60.9 cm³/mol. The Labute approximate surface area is 97.3 Å². The lowest BCUT2D eigenvalue weighted by atomic mass is 10.4. The van der Waals surface area contributed by atoms with Crippen molar-refractivity contribution in [3.05, 3.63) is 0 Å². The van der Waals surface area contributed by atoms with Crippen molar-refractivity contribution in [3.63, 3.8) is 0 Å². The highest BCUT2D eigenvalue weighted by molar-refractivity contribution is 7.48. The molecule has 0 saturated heterocycles. The van der Waals surface area contributed by atoms with Crippen LogP contribution in [0.4, 0.5) is 0 Å². The molecule has 0 unspecified atom stereocenters. The SMILES string of the molecule is CCCCOP(O)O.COP(=O)(OC)OC. The molecular formula is C7H20O7P2. The van der Waals surface area contributed by atoms with E-state index in [2.05, 4.69) is 18.1 Å². The van der Waals surface area contributed by atoms with Crippen LogP contribution < -0.4 is 0 Å². The van der Waals surface area contributed by atoms with Crippen LogP contribution in [-0.2, 0) is 22.7 Å². The van der Waals surface area contributed by atoms with Crippen LogP contribution in [0.15, 0.2) is 0 Å². The second-order valence-electron chi connectivity index (χ2n) is 2.43. The molecule has 9 heteroatoms. The Morgan fingerprint density at radius 3 is 1.75 bits per heavy atom. The summed E-state index contributed by atoms with van der Waals surface area (Å²) in [6.45, 7) is 2.47. The van der Waals surface area contributed by atoms with E-state index in [0.717, 1.165) is 12.8 Å². The lowest BCUT2D eigenvalue weighted by Crippen LogP contribution is -1.88. The van der Waals surface area contributed by atoms with Gasteiger partial charge in [0.05, 0.1) is 6.61 Å². The molecule has 7 nitrogen and oxygen atoms in total. The molecule has 16 heavy (non-hydrogen) atoms. The number of phosphoric acid groups is 1. The van der Waals surface area contributed by atoms with Gasteiger partial charge in [-0.3, -0.25) is 13.6 Å². The molecule has 0 bridgehead atoms. The quantitative estimate of drug-likeness (QED) is 0.543. The summed E-state index contributed by atoms with van der Waals surface area (Å²) < 4.78 is 28.2. The summed E-state index contributed by atoms with van der Waals surface area (Å²) in [5.41, 5.74) is 0. The Hall–Kier alpha value is 0.420. The number of unbranched alkanes of at least 4 members (excludes halogenated alkanes) is 1. The van der Waals surface area contributed by atoms with Crippen molar-refractivity contribution in [2.45, 2.75) is 19.8 Å². The van der Waals surface area contributed by atoms with Gasteiger partial charge in [0, 0.05) is 21.3 Å². The lowest BCUT2D eigenvalue weighted by Gasteiger charge is -2.08. The summed E-state index contributed by atoms with van der Waals surface area (Å²) in [4.78, 5) is 16.4. The van der Waals surface area contributed by atoms with E-state index in [-0.39, 0.29) is 0 Å². The third kappa shape index (κ3) is 12.5. The summed E-state index contributed by atoms with van der Waals surface area (Å²) in [5, 5.41) is 0. The molecule has 0 aromatic carbocycles. The first kappa shape index (κ1) is 18.8. The Morgan fingerprint density at radius 2 is 1.56 bits per heavy atom. The van der Waals surface area contributed by atoms with Crippen LogP contribution in [0.2, 0.25) is 0 Å². The molecule has 0 heterocycles. The van der Waals surface area contributed by atoms with Crippen molar-refractivity contribution in [2.75, 3.05) is 27.9 Å². The Balaban J connectivity index is 0. The largest absolute Gasteiger partial charge is 0.473 e. The van der Waals surface area contributed by atoms with Gasteiger partial charge in [-0.1, -0.05) is 13.3 Å². The van der Waals surface area contributed by atoms with E-state index in [9.17, 15) is 4.57 Å². The third-order valence-electron chi connectivity index (χ3n) is 1.38. The van der Waals surface area contributed by atoms with E-state index < -0.39 is 16.4 Å². The van der Waals surface area contributed by atoms with Gasteiger partial charge in [0.2, 0.25) is 0 Å². The van der Waals surface area contributed by atoms with E-state index in [1.807, 2.05) is 6.92 Å². The smallest absolute Gasteiger partial charge is 0.328 e. The fourth-order valence-electron chi connectivity index (χ4n) is 0.514. The molecule has 0 aliphatic rings. The normalized spacial score (nSPS) is 11.2. The third-order valence-corrected chi connectivity index (χ3v) is 3.13. The topological polar surface area (TPSA) is 94.5 Å². The molecule has 0 saturated carbocycles. The summed E-state index contributed by atoms with van der Waals surface area (Å²) >= 11 is 0. The monoisotopic (exact) mass is 278 g/mol. The van der Waals surface area contributed by atoms with Gasteiger partial charge in [-0.25, -0.2) is 4.57 Å². The minimum atomic E-state index is -3.16. The Kier molecular flexibility index (Phi) is 14.0. The van der Waals surface area contributed by atoms with Crippen molar-refractivity contribution in [2.24, 2.45) is 0 Å². The Morgan fingerprint density at radius 1 is 1.12 bits per heavy atom. The molecular weight excluding hydrogens is 258 g/mol. The molecule has 0 aliphatic heterocycles. The molecule has 0 fully saturated rings. The van der Waals surface area contributed by atoms with Crippen LogP contribution in [-0.4, -0.2) is 37.7 Å². The molecule has 0 spiro atoms. The van der Waals surface area contributed by atoms with Crippen LogP contribution in [0.1, 0.15) is 19.8 Å². The van der Waals surface area contributed by atoms with E-state index in [4.69, 9.17) is 9.79 Å². The maximum absolute atomic E-state index is 10.7. The van der Waals surface area contributed by atoms with Gasteiger partial charge in [-0.2, -0.15) is 0 Å². The fourth-order valence-corrected chi connectivity index (χ4v) is 1.25. The molecule has 0 aromatic heterocycles. The summed E-state index contributed by atoms with van der Waals surface area (Å²) in [6, 6.07) is 0. The minimum Gasteiger partial charge on any atom is -0.328 e. The molecule has 0 radical (unpaired) electrons. The molecule has 0 rings (SSSR count). The lowest BCUT2D eigenvalue weighted by molar-refractivity contribution is 0.178. The van der Waals surface area contributed by atoms with Gasteiger partial charge in [-0.15, -0.1) is 0 Å². The summed E-state index contributed by atoms with van der Waals surface area (Å²) in [7, 11) is -1.50. The van der Waals surface area contributed by atoms with Gasteiger partial charge < -0.3 is 14.3 Å². The van der Waals surface area contributed by atoms with Crippen LogP contribution in [0.5, 0.6) is 0 Å². The van der Waals surface area contributed by atoms with Crippen molar-refractivity contribution in [3.8, 4) is 0 Å². The standard InChI is InChI=1S/C4H11O3P.C3H9O4P/c1-2-3-4-7-8(5)6;1-5-8(4,6-2)7-3/h5-6H,2-4H2,1H3;1-3H3. The number of hydrogen-bond donors (Lipinski definition) is 2. The number of rotatable bonds is 7. The zero-order chi connectivity index (χ0) is 13.0. The number of hydrogen-bond acceptors (Lipinski definition) is 7. The van der Waals surface area contributed by atoms with E-state index >= 15 is 0 Å². The molecule has 0 amide bonds. The first-order valence-electron chi connectivity index (χ1n) is 4.53. The molecule has 0 aromatic rings. The maximum atomic E-state index is 10.7. The van der Waals surface area contributed by atoms with Crippen molar-refractivity contribution in [1.29, 1.82) is 0 Å². The zero-order valence-corrected chi connectivity index (χ0v) is 11.7. The maximum Gasteiger partial charge on any atom is 0.473 e. The van der Waals surface area contributed by atoms with E-state index in [0.29, 0.717) is 6.61 Å². The average molecular weight is 278 g/mol. The zero-order valence-electron chi connectivity index (χ0n) is 9.95. The van der Waals surface area contributed by atoms with Crippen LogP contribution in [0.3, 0.4) is 0 Å². The molecule has 0 aliphatic carbocycles. The highest BCUT2D eigenvalue weighted by Crippen LogP contribution is 2.46. The van der Waals surface area contributed by atoms with Crippen LogP contribution in [0, 0.1) is 0 Å². The summed E-state index contributed by atoms with van der Waals surface area (Å²) in [5.74, 6) is 0. The van der Waals surface area contributed by atoms with Crippen LogP contribution in [0.25, 0.3) is 0 Å². The number of phosphoric ester groups is 1. The van der Waals surface area contributed by atoms with Gasteiger partial charge in [0.25, 0.3) is 0 Å². The van der Waals surface area contributed by atoms with Gasteiger partial charge in [-0.05, 0) is 6.42 Å². The summed E-state index contributed by atoms with van der Waals surface area (Å²) in [6.07, 6.45) is 1.91. The van der Waals surface area contributed by atoms with E-state index in [1.165, 1.54) is 21.3 Å². The minimum absolute atomic E-state index is 0.454. The van der Waals surface area contributed by atoms with Crippen molar-refractivity contribution < 1.29 is 32.4 Å². The van der Waals surface area contributed by atoms with Gasteiger partial charge in [0.1, 0.15) is 0 Å². The molecule has 2 N–H and O–H groups in total. The fraction of sp³-hybridized carbons (Fsp3) is 1.00. The second-order valence-corrected chi connectivity index (χ2v) is 5.19. The first-order valence-corrected chi connectivity index (χ1v) is 7.16. The van der Waals surface area contributed by atoms with Crippen molar-refractivity contribution in [1.82, 2.24) is 0 Å². The highest BCUT2D eigenvalue weighted by Gasteiger charge is 2.18. The van der Waals surface area contributed by atoms with Crippen LogP contribution >= 0.6 is 16.4 Å². The molecule has 100 valence electrons. The van der Waals surface area contributed by atoms with E-state index in [1.54, 1.807) is 0 Å². The van der Waals surface area contributed by atoms with Crippen molar-refractivity contribution >= 4 is 16.4 Å². The molecule has 0 atom stereocenters. The second kappa shape index (κ2) is 11.9. The predicted octanol–water partition coefficient (Wildman–Crippen LogP) is 2.05.